The van der Waals surface area contributed by atoms with Gasteiger partial charge in [-0.2, -0.15) is 13.2 Å². The SMILES string of the molecule is O=C(O)CC(c1ccccc1F)n1cccc1C(=O)C(F)(F)F. The van der Waals surface area contributed by atoms with Crippen molar-refractivity contribution in [2.24, 2.45) is 0 Å². The van der Waals surface area contributed by atoms with Gasteiger partial charge >= 0.3 is 12.1 Å². The molecule has 0 saturated heterocycles. The number of carboxylic acid groups (broad SMARTS) is 1. The number of carbonyl (C=O) groups is 2. The summed E-state index contributed by atoms with van der Waals surface area (Å²) in [7, 11) is 0. The average Bonchev–Trinajstić information content (AvgIpc) is 2.92. The van der Waals surface area contributed by atoms with Crippen molar-refractivity contribution in [1.29, 1.82) is 0 Å². The van der Waals surface area contributed by atoms with E-state index in [1.165, 1.54) is 24.3 Å². The smallest absolute Gasteiger partial charge is 0.456 e. The molecule has 0 saturated carbocycles. The van der Waals surface area contributed by atoms with E-state index in [0.29, 0.717) is 0 Å². The van der Waals surface area contributed by atoms with Crippen molar-refractivity contribution in [2.75, 3.05) is 0 Å². The molecule has 1 unspecified atom stereocenters. The first-order valence-corrected chi connectivity index (χ1v) is 6.46. The zero-order valence-electron chi connectivity index (χ0n) is 11.5. The molecule has 0 bridgehead atoms. The molecule has 0 fully saturated rings. The Morgan fingerprint density at radius 3 is 2.35 bits per heavy atom. The number of aromatic nitrogens is 1. The van der Waals surface area contributed by atoms with E-state index in [9.17, 15) is 27.2 Å². The van der Waals surface area contributed by atoms with Crippen LogP contribution in [0, 0.1) is 5.82 Å². The van der Waals surface area contributed by atoms with Crippen LogP contribution >= 0.6 is 0 Å². The summed E-state index contributed by atoms with van der Waals surface area (Å²) in [5.74, 6) is -4.22. The minimum absolute atomic E-state index is 0.109. The van der Waals surface area contributed by atoms with Gasteiger partial charge in [0.15, 0.2) is 0 Å². The summed E-state index contributed by atoms with van der Waals surface area (Å²) in [6.07, 6.45) is -4.66. The minimum atomic E-state index is -5.11. The van der Waals surface area contributed by atoms with Crippen LogP contribution in [0.5, 0.6) is 0 Å². The first kappa shape index (κ1) is 16.7. The van der Waals surface area contributed by atoms with Crippen LogP contribution in [0.25, 0.3) is 0 Å². The van der Waals surface area contributed by atoms with Crippen molar-refractivity contribution >= 4 is 11.8 Å². The Morgan fingerprint density at radius 1 is 1.13 bits per heavy atom. The lowest BCUT2D eigenvalue weighted by Gasteiger charge is -2.21. The average molecular weight is 329 g/mol. The van der Waals surface area contributed by atoms with Crippen LogP contribution in [0.2, 0.25) is 0 Å². The van der Waals surface area contributed by atoms with Crippen molar-refractivity contribution in [3.05, 3.63) is 59.7 Å². The summed E-state index contributed by atoms with van der Waals surface area (Å²) < 4.78 is 52.7. The molecule has 1 N–H and O–H groups in total. The van der Waals surface area contributed by atoms with Crippen LogP contribution in [-0.2, 0) is 4.79 Å². The minimum Gasteiger partial charge on any atom is -0.481 e. The Kier molecular flexibility index (Phi) is 4.53. The lowest BCUT2D eigenvalue weighted by molar-refractivity contribution is -0.137. The summed E-state index contributed by atoms with van der Waals surface area (Å²) >= 11 is 0. The summed E-state index contributed by atoms with van der Waals surface area (Å²) in [5.41, 5.74) is -0.852. The molecule has 8 heteroatoms. The molecule has 0 aliphatic rings. The van der Waals surface area contributed by atoms with Crippen LogP contribution in [-0.4, -0.2) is 27.6 Å². The maximum atomic E-state index is 13.9. The van der Waals surface area contributed by atoms with E-state index >= 15 is 0 Å². The molecule has 122 valence electrons. The Morgan fingerprint density at radius 2 is 1.78 bits per heavy atom. The Hall–Kier alpha value is -2.64. The Bertz CT molecular complexity index is 736. The molecule has 1 heterocycles. The van der Waals surface area contributed by atoms with E-state index in [2.05, 4.69) is 0 Å². The van der Waals surface area contributed by atoms with E-state index in [4.69, 9.17) is 5.11 Å². The van der Waals surface area contributed by atoms with Gasteiger partial charge in [-0.15, -0.1) is 0 Å². The number of carboxylic acids is 1. The standard InChI is InChI=1S/C15H11F4NO3/c16-10-5-2-1-4-9(10)12(8-13(21)22)20-7-3-6-11(20)14(23)15(17,18)19/h1-7,12H,8H2,(H,21,22). The van der Waals surface area contributed by atoms with Crippen molar-refractivity contribution in [3.63, 3.8) is 0 Å². The van der Waals surface area contributed by atoms with E-state index in [-0.39, 0.29) is 5.56 Å². The number of aliphatic carboxylic acids is 1. The fourth-order valence-electron chi connectivity index (χ4n) is 2.27. The van der Waals surface area contributed by atoms with Gasteiger partial charge in [0.25, 0.3) is 5.78 Å². The van der Waals surface area contributed by atoms with Gasteiger partial charge in [0.05, 0.1) is 18.2 Å². The van der Waals surface area contributed by atoms with Crippen molar-refractivity contribution in [3.8, 4) is 0 Å². The van der Waals surface area contributed by atoms with Gasteiger partial charge < -0.3 is 9.67 Å². The Balaban J connectivity index is 2.55. The van der Waals surface area contributed by atoms with Gasteiger partial charge in [0, 0.05) is 11.8 Å². The quantitative estimate of drug-likeness (QED) is 0.675. The van der Waals surface area contributed by atoms with Gasteiger partial charge in [-0.25, -0.2) is 4.39 Å². The van der Waals surface area contributed by atoms with Crippen LogP contribution in [0.4, 0.5) is 17.6 Å². The number of halogens is 4. The van der Waals surface area contributed by atoms with Crippen LogP contribution in [0.15, 0.2) is 42.6 Å². The van der Waals surface area contributed by atoms with Crippen molar-refractivity contribution in [2.45, 2.75) is 18.6 Å². The molecular weight excluding hydrogens is 318 g/mol. The second-order valence-corrected chi connectivity index (χ2v) is 4.76. The third-order valence-electron chi connectivity index (χ3n) is 3.24. The molecule has 4 nitrogen and oxygen atoms in total. The predicted molar refractivity (Wildman–Crippen MR) is 71.6 cm³/mol. The number of rotatable bonds is 5. The summed E-state index contributed by atoms with van der Waals surface area (Å²) in [4.78, 5) is 22.5. The second-order valence-electron chi connectivity index (χ2n) is 4.76. The molecule has 1 aromatic heterocycles. The number of ketones is 1. The molecule has 0 aliphatic carbocycles. The Labute approximate surface area is 128 Å². The molecule has 0 aliphatic heterocycles. The number of benzene rings is 1. The van der Waals surface area contributed by atoms with E-state index in [1.54, 1.807) is 0 Å². The molecule has 0 spiro atoms. The van der Waals surface area contributed by atoms with Crippen molar-refractivity contribution in [1.82, 2.24) is 4.57 Å². The number of hydrogen-bond acceptors (Lipinski definition) is 2. The van der Waals surface area contributed by atoms with Gasteiger partial charge in [0.2, 0.25) is 0 Å². The van der Waals surface area contributed by atoms with Crippen molar-refractivity contribution < 1.29 is 32.3 Å². The predicted octanol–water partition coefficient (Wildman–Crippen LogP) is 3.44. The molecule has 2 rings (SSSR count). The molecule has 1 atom stereocenters. The fraction of sp³-hybridized carbons (Fsp3) is 0.200. The molecule has 0 radical (unpaired) electrons. The largest absolute Gasteiger partial charge is 0.481 e. The second kappa shape index (κ2) is 6.23. The number of carbonyl (C=O) groups excluding carboxylic acids is 1. The molecular formula is C15H11F4NO3. The molecule has 2 aromatic rings. The fourth-order valence-corrected chi connectivity index (χ4v) is 2.27. The highest BCUT2D eigenvalue weighted by molar-refractivity contribution is 5.99. The zero-order chi connectivity index (χ0) is 17.2. The summed E-state index contributed by atoms with van der Waals surface area (Å²) in [6, 6.07) is 5.96. The van der Waals surface area contributed by atoms with Gasteiger partial charge in [0.1, 0.15) is 5.82 Å². The topological polar surface area (TPSA) is 59.3 Å². The molecule has 1 aromatic carbocycles. The third-order valence-corrected chi connectivity index (χ3v) is 3.24. The normalized spacial score (nSPS) is 12.9. The van der Waals surface area contributed by atoms with Gasteiger partial charge in [-0.05, 0) is 18.2 Å². The zero-order valence-corrected chi connectivity index (χ0v) is 11.5. The number of alkyl halides is 3. The highest BCUT2D eigenvalue weighted by Crippen LogP contribution is 2.29. The highest BCUT2D eigenvalue weighted by atomic mass is 19.4. The number of nitrogens with zero attached hydrogens (tertiary/aromatic N) is 1. The van der Waals surface area contributed by atoms with E-state index in [0.717, 1.165) is 22.9 Å². The number of hydrogen-bond donors (Lipinski definition) is 1. The lowest BCUT2D eigenvalue weighted by atomic mass is 10.0. The highest BCUT2D eigenvalue weighted by Gasteiger charge is 2.41. The van der Waals surface area contributed by atoms with Crippen LogP contribution < -0.4 is 0 Å². The van der Waals surface area contributed by atoms with E-state index < -0.39 is 41.9 Å². The molecule has 23 heavy (non-hydrogen) atoms. The van der Waals surface area contributed by atoms with Gasteiger partial charge in [-0.3, -0.25) is 9.59 Å². The van der Waals surface area contributed by atoms with E-state index in [1.807, 2.05) is 0 Å². The molecule has 0 amide bonds. The maximum absolute atomic E-state index is 13.9. The first-order valence-electron chi connectivity index (χ1n) is 6.46. The first-order chi connectivity index (χ1) is 10.7. The summed E-state index contributed by atoms with van der Waals surface area (Å²) in [6.45, 7) is 0. The summed E-state index contributed by atoms with van der Waals surface area (Å²) in [5, 5.41) is 8.98. The third kappa shape index (κ3) is 3.58. The van der Waals surface area contributed by atoms with Crippen LogP contribution in [0.3, 0.4) is 0 Å². The monoisotopic (exact) mass is 329 g/mol. The number of Topliss-reactive ketones (excluding diaryl/α,β-unsaturated/α-hetero) is 1. The van der Waals surface area contributed by atoms with Crippen LogP contribution in [0.1, 0.15) is 28.5 Å². The maximum Gasteiger partial charge on any atom is 0.456 e. The van der Waals surface area contributed by atoms with Gasteiger partial charge in [-0.1, -0.05) is 18.2 Å². The lowest BCUT2D eigenvalue weighted by Crippen LogP contribution is -2.28.